The van der Waals surface area contributed by atoms with Gasteiger partial charge in [-0.05, 0) is 95.7 Å². The Morgan fingerprint density at radius 2 is 1.94 bits per heavy atom. The van der Waals surface area contributed by atoms with Gasteiger partial charge < -0.3 is 14.4 Å². The van der Waals surface area contributed by atoms with Crippen LogP contribution in [0, 0.1) is 16.7 Å². The SMILES string of the molecule is C=C[C@@]12CCc3cc(OC)ccc3[C@H]1[C@@H](c1ccc(O)cc1)C[C@]1(C)[C@@H](OP)CC[C@H]12. The molecule has 7 atom stereocenters. The minimum atomic E-state index is 0.0368. The Morgan fingerprint density at radius 1 is 1.16 bits per heavy atom. The predicted octanol–water partition coefficient (Wildman–Crippen LogP) is 6.38. The van der Waals surface area contributed by atoms with E-state index in [1.54, 1.807) is 7.11 Å². The fourth-order valence-electron chi connectivity index (χ4n) is 7.58. The molecule has 0 amide bonds. The molecule has 3 aliphatic rings. The molecule has 0 spiro atoms. The highest BCUT2D eigenvalue weighted by Gasteiger charge is 2.64. The number of phenols is 1. The van der Waals surface area contributed by atoms with Crippen molar-refractivity contribution in [3.63, 3.8) is 0 Å². The standard InChI is InChI=1S/C27H33O3P/c1-4-27-14-13-18-15-20(29-3)9-10-21(18)25(27)22(17-5-7-19(28)8-6-17)16-26(2)23(27)11-12-24(26)30-31/h4-10,15,22-25,28H,1,11-14,16,31H2,2-3H3/t22-,23-,24+,25+,26+,27+/m1/s1. The number of hydrogen-bond acceptors (Lipinski definition) is 3. The Morgan fingerprint density at radius 3 is 2.61 bits per heavy atom. The fourth-order valence-corrected chi connectivity index (χ4v) is 8.03. The molecule has 1 N–H and O–H groups in total. The lowest BCUT2D eigenvalue weighted by atomic mass is 9.44. The van der Waals surface area contributed by atoms with Gasteiger partial charge in [-0.1, -0.05) is 31.2 Å². The molecular formula is C27H33O3P. The first-order valence-electron chi connectivity index (χ1n) is 11.4. The Balaban J connectivity index is 1.71. The highest BCUT2D eigenvalue weighted by Crippen LogP contribution is 2.71. The second-order valence-electron chi connectivity index (χ2n) is 10.0. The average Bonchev–Trinajstić information content (AvgIpc) is 3.14. The Kier molecular flexibility index (Phi) is 5.19. The van der Waals surface area contributed by atoms with Crippen LogP contribution in [-0.2, 0) is 10.9 Å². The maximum absolute atomic E-state index is 9.93. The highest BCUT2D eigenvalue weighted by atomic mass is 31.0. The summed E-state index contributed by atoms with van der Waals surface area (Å²) in [4.78, 5) is 0. The summed E-state index contributed by atoms with van der Waals surface area (Å²) in [7, 11) is 4.28. The number of rotatable bonds is 4. The molecular weight excluding hydrogens is 403 g/mol. The molecule has 5 rings (SSSR count). The summed E-state index contributed by atoms with van der Waals surface area (Å²) in [5.74, 6) is 2.51. The number of methoxy groups -OCH3 is 1. The van der Waals surface area contributed by atoms with Crippen LogP contribution in [0.1, 0.15) is 61.1 Å². The Labute approximate surface area is 188 Å². The van der Waals surface area contributed by atoms with Gasteiger partial charge in [-0.3, -0.25) is 0 Å². The molecule has 31 heavy (non-hydrogen) atoms. The van der Waals surface area contributed by atoms with Crippen LogP contribution in [0.4, 0.5) is 0 Å². The number of ether oxygens (including phenoxy) is 1. The molecule has 4 heteroatoms. The van der Waals surface area contributed by atoms with E-state index in [9.17, 15) is 5.11 Å². The molecule has 2 fully saturated rings. The first-order chi connectivity index (χ1) is 15.0. The van der Waals surface area contributed by atoms with Gasteiger partial charge in [-0.25, -0.2) is 0 Å². The molecule has 0 bridgehead atoms. The van der Waals surface area contributed by atoms with Gasteiger partial charge in [-0.15, -0.1) is 6.58 Å². The number of fused-ring (bicyclic) bond motifs is 5. The number of aromatic hydroxyl groups is 1. The van der Waals surface area contributed by atoms with Crippen molar-refractivity contribution < 1.29 is 14.4 Å². The monoisotopic (exact) mass is 436 g/mol. The Hall–Kier alpha value is -1.83. The van der Waals surface area contributed by atoms with Gasteiger partial charge in [-0.2, -0.15) is 0 Å². The number of allylic oxidation sites excluding steroid dienone is 1. The van der Waals surface area contributed by atoms with Gasteiger partial charge in [0.05, 0.1) is 13.2 Å². The average molecular weight is 437 g/mol. The lowest BCUT2D eigenvalue weighted by molar-refractivity contribution is -0.0505. The highest BCUT2D eigenvalue weighted by molar-refractivity contribution is 7.09. The van der Waals surface area contributed by atoms with E-state index in [0.29, 0.717) is 23.5 Å². The van der Waals surface area contributed by atoms with Crippen LogP contribution >= 0.6 is 9.47 Å². The van der Waals surface area contributed by atoms with Crippen molar-refractivity contribution in [3.8, 4) is 11.5 Å². The van der Waals surface area contributed by atoms with Crippen molar-refractivity contribution in [2.24, 2.45) is 16.7 Å². The second kappa shape index (κ2) is 7.64. The van der Waals surface area contributed by atoms with Crippen molar-refractivity contribution >= 4 is 9.47 Å². The quantitative estimate of drug-likeness (QED) is 0.446. The van der Waals surface area contributed by atoms with Crippen LogP contribution in [0.25, 0.3) is 0 Å². The predicted molar refractivity (Wildman–Crippen MR) is 128 cm³/mol. The van der Waals surface area contributed by atoms with Gasteiger partial charge in [0, 0.05) is 15.4 Å². The number of aryl methyl sites for hydroxylation is 1. The largest absolute Gasteiger partial charge is 0.508 e. The fraction of sp³-hybridized carbons (Fsp3) is 0.481. The van der Waals surface area contributed by atoms with Gasteiger partial charge >= 0.3 is 0 Å². The van der Waals surface area contributed by atoms with E-state index in [2.05, 4.69) is 59.4 Å². The summed E-state index contributed by atoms with van der Waals surface area (Å²) in [6, 6.07) is 14.5. The van der Waals surface area contributed by atoms with Gasteiger partial charge in [0.2, 0.25) is 0 Å². The summed E-state index contributed by atoms with van der Waals surface area (Å²) in [5, 5.41) is 9.93. The number of hydrogen-bond donors (Lipinski definition) is 1. The van der Waals surface area contributed by atoms with Crippen LogP contribution in [0.3, 0.4) is 0 Å². The van der Waals surface area contributed by atoms with Crippen molar-refractivity contribution in [1.29, 1.82) is 0 Å². The molecule has 0 saturated heterocycles. The molecule has 3 nitrogen and oxygen atoms in total. The Bertz CT molecular complexity index is 986. The summed E-state index contributed by atoms with van der Waals surface area (Å²) in [5.41, 5.74) is 4.29. The number of phenolic OH excluding ortho intramolecular Hbond substituents is 1. The third kappa shape index (κ3) is 3.00. The first-order valence-corrected chi connectivity index (χ1v) is 11.9. The topological polar surface area (TPSA) is 38.7 Å². The van der Waals surface area contributed by atoms with Crippen molar-refractivity contribution in [3.05, 3.63) is 71.8 Å². The lowest BCUT2D eigenvalue weighted by Crippen LogP contribution is -2.53. The van der Waals surface area contributed by atoms with Gasteiger partial charge in [0.25, 0.3) is 0 Å². The van der Waals surface area contributed by atoms with Gasteiger partial charge in [0.15, 0.2) is 0 Å². The molecule has 164 valence electrons. The maximum Gasteiger partial charge on any atom is 0.119 e. The molecule has 0 heterocycles. The molecule has 3 aliphatic carbocycles. The maximum atomic E-state index is 9.93. The van der Waals surface area contributed by atoms with E-state index >= 15 is 0 Å². The zero-order valence-corrected chi connectivity index (χ0v) is 19.7. The van der Waals surface area contributed by atoms with E-state index in [1.165, 1.54) is 23.1 Å². The normalized spacial score (nSPS) is 36.2. The minimum Gasteiger partial charge on any atom is -0.508 e. The summed E-state index contributed by atoms with van der Waals surface area (Å²) >= 11 is 0. The molecule has 0 aromatic heterocycles. The zero-order valence-electron chi connectivity index (χ0n) is 18.5. The van der Waals surface area contributed by atoms with Crippen LogP contribution in [0.2, 0.25) is 0 Å². The molecule has 2 aromatic rings. The van der Waals surface area contributed by atoms with Crippen molar-refractivity contribution in [1.82, 2.24) is 0 Å². The third-order valence-corrected chi connectivity index (χ3v) is 9.25. The summed E-state index contributed by atoms with van der Waals surface area (Å²) in [6.45, 7) is 6.88. The molecule has 0 radical (unpaired) electrons. The van der Waals surface area contributed by atoms with E-state index in [0.717, 1.165) is 31.4 Å². The molecule has 1 unspecified atom stereocenters. The van der Waals surface area contributed by atoms with Crippen molar-refractivity contribution in [2.75, 3.05) is 7.11 Å². The summed E-state index contributed by atoms with van der Waals surface area (Å²) in [6.07, 6.45) is 8.07. The first kappa shape index (κ1) is 21.0. The van der Waals surface area contributed by atoms with Crippen LogP contribution in [-0.4, -0.2) is 18.3 Å². The smallest absolute Gasteiger partial charge is 0.119 e. The summed E-state index contributed by atoms with van der Waals surface area (Å²) < 4.78 is 11.5. The van der Waals surface area contributed by atoms with E-state index in [4.69, 9.17) is 9.26 Å². The van der Waals surface area contributed by atoms with E-state index in [-0.39, 0.29) is 16.9 Å². The second-order valence-corrected chi connectivity index (χ2v) is 10.3. The van der Waals surface area contributed by atoms with Gasteiger partial charge in [0.1, 0.15) is 11.5 Å². The van der Waals surface area contributed by atoms with Crippen LogP contribution < -0.4 is 4.74 Å². The van der Waals surface area contributed by atoms with E-state index in [1.807, 2.05) is 12.1 Å². The van der Waals surface area contributed by atoms with E-state index < -0.39 is 0 Å². The molecule has 2 aromatic carbocycles. The minimum absolute atomic E-state index is 0.0368. The molecule has 2 saturated carbocycles. The van der Waals surface area contributed by atoms with Crippen molar-refractivity contribution in [2.45, 2.75) is 57.0 Å². The van der Waals surface area contributed by atoms with Crippen LogP contribution in [0.5, 0.6) is 11.5 Å². The zero-order chi connectivity index (χ0) is 21.8. The lowest BCUT2D eigenvalue weighted by Gasteiger charge is -2.60. The third-order valence-electron chi connectivity index (χ3n) is 8.92. The van der Waals surface area contributed by atoms with Crippen LogP contribution in [0.15, 0.2) is 55.1 Å². The number of benzene rings is 2. The molecule has 0 aliphatic heterocycles.